The van der Waals surface area contributed by atoms with Gasteiger partial charge in [0.2, 0.25) is 0 Å². The molecular formula is C10H15F3O3. The second-order valence-electron chi connectivity index (χ2n) is 3.82. The van der Waals surface area contributed by atoms with Crippen LogP contribution in [0.15, 0.2) is 0 Å². The molecule has 94 valence electrons. The van der Waals surface area contributed by atoms with Crippen LogP contribution in [0.3, 0.4) is 0 Å². The maximum Gasteiger partial charge on any atom is 0.414 e. The molecule has 0 N–H and O–H groups in total. The first-order chi connectivity index (χ1) is 7.36. The van der Waals surface area contributed by atoms with Crippen LogP contribution in [-0.4, -0.2) is 36.9 Å². The fourth-order valence-electron chi connectivity index (χ4n) is 1.37. The van der Waals surface area contributed by atoms with E-state index in [0.717, 1.165) is 6.92 Å². The summed E-state index contributed by atoms with van der Waals surface area (Å²) in [5.74, 6) is -0.187. The quantitative estimate of drug-likeness (QED) is 0.738. The molecule has 0 spiro atoms. The van der Waals surface area contributed by atoms with Gasteiger partial charge >= 0.3 is 6.18 Å². The maximum atomic E-state index is 12.2. The van der Waals surface area contributed by atoms with Crippen molar-refractivity contribution in [1.82, 2.24) is 0 Å². The molecule has 3 nitrogen and oxygen atoms in total. The van der Waals surface area contributed by atoms with Crippen LogP contribution in [0, 0.1) is 0 Å². The molecule has 1 aliphatic carbocycles. The minimum Gasteiger partial charge on any atom is -0.368 e. The summed E-state index contributed by atoms with van der Waals surface area (Å²) in [6.45, 7) is 3.15. The zero-order valence-corrected chi connectivity index (χ0v) is 9.21. The van der Waals surface area contributed by atoms with Gasteiger partial charge in [-0.2, -0.15) is 13.2 Å². The van der Waals surface area contributed by atoms with Crippen molar-refractivity contribution in [2.24, 2.45) is 0 Å². The second-order valence-corrected chi connectivity index (χ2v) is 3.82. The van der Waals surface area contributed by atoms with Crippen molar-refractivity contribution in [2.75, 3.05) is 6.61 Å². The Morgan fingerprint density at radius 1 is 1.50 bits per heavy atom. The fraction of sp³-hybridized carbons (Fsp3) is 0.900. The summed E-state index contributed by atoms with van der Waals surface area (Å²) in [6.07, 6.45) is -7.10. The highest BCUT2D eigenvalue weighted by Gasteiger charge is 2.46. The molecule has 1 fully saturated rings. The molecule has 3 atom stereocenters. The first-order valence-corrected chi connectivity index (χ1v) is 5.22. The predicted molar refractivity (Wildman–Crippen MR) is 50.0 cm³/mol. The summed E-state index contributed by atoms with van der Waals surface area (Å²) in [6, 6.07) is 0. The molecule has 0 aliphatic heterocycles. The summed E-state index contributed by atoms with van der Waals surface area (Å²) >= 11 is 0. The van der Waals surface area contributed by atoms with Crippen LogP contribution in [0.4, 0.5) is 13.2 Å². The van der Waals surface area contributed by atoms with Crippen molar-refractivity contribution in [3.05, 3.63) is 0 Å². The highest BCUT2D eigenvalue weighted by atomic mass is 19.4. The lowest BCUT2D eigenvalue weighted by atomic mass is 9.89. The average Bonchev–Trinajstić information content (AvgIpc) is 2.16. The molecule has 0 radical (unpaired) electrons. The van der Waals surface area contributed by atoms with Gasteiger partial charge in [0.1, 0.15) is 6.10 Å². The molecule has 0 aromatic carbocycles. The van der Waals surface area contributed by atoms with Crippen LogP contribution >= 0.6 is 0 Å². The minimum absolute atomic E-state index is 0.00873. The Labute approximate surface area is 91.9 Å². The molecule has 0 aromatic rings. The molecule has 1 aliphatic rings. The zero-order valence-electron chi connectivity index (χ0n) is 9.21. The number of hydrogen-bond donors (Lipinski definition) is 0. The molecule has 1 saturated carbocycles. The standard InChI is InChI=1S/C10H15F3O3/c1-3-4-15-9-7(14)5-8(9)16-6(2)10(11,12)13/h6,8-9H,3-5H2,1-2H3. The molecule has 6 heteroatoms. The van der Waals surface area contributed by atoms with Crippen LogP contribution < -0.4 is 0 Å². The third-order valence-corrected chi connectivity index (χ3v) is 2.40. The lowest BCUT2D eigenvalue weighted by Crippen LogP contribution is -2.53. The first-order valence-electron chi connectivity index (χ1n) is 5.22. The number of rotatable bonds is 5. The van der Waals surface area contributed by atoms with Gasteiger partial charge in [0, 0.05) is 13.0 Å². The number of hydrogen-bond acceptors (Lipinski definition) is 3. The van der Waals surface area contributed by atoms with E-state index in [2.05, 4.69) is 0 Å². The normalized spacial score (nSPS) is 27.7. The Morgan fingerprint density at radius 3 is 2.56 bits per heavy atom. The van der Waals surface area contributed by atoms with Gasteiger partial charge in [-0.05, 0) is 13.3 Å². The molecule has 0 bridgehead atoms. The van der Waals surface area contributed by atoms with Crippen molar-refractivity contribution >= 4 is 5.78 Å². The average molecular weight is 240 g/mol. The molecule has 1 rings (SSSR count). The summed E-state index contributed by atoms with van der Waals surface area (Å²) in [5.41, 5.74) is 0. The molecular weight excluding hydrogens is 225 g/mol. The van der Waals surface area contributed by atoms with Gasteiger partial charge in [0.25, 0.3) is 0 Å². The SMILES string of the molecule is CCCOC1C(=O)CC1OC(C)C(F)(F)F. The van der Waals surface area contributed by atoms with Crippen molar-refractivity contribution in [3.8, 4) is 0 Å². The van der Waals surface area contributed by atoms with Gasteiger partial charge in [-0.25, -0.2) is 0 Å². The van der Waals surface area contributed by atoms with E-state index in [0.29, 0.717) is 13.0 Å². The van der Waals surface area contributed by atoms with Gasteiger partial charge in [0.15, 0.2) is 11.9 Å². The van der Waals surface area contributed by atoms with E-state index < -0.39 is 24.5 Å². The highest BCUT2D eigenvalue weighted by molar-refractivity contribution is 5.90. The Hall–Kier alpha value is -0.620. The first kappa shape index (κ1) is 13.4. The van der Waals surface area contributed by atoms with Gasteiger partial charge in [-0.1, -0.05) is 6.92 Å². The molecule has 3 unspecified atom stereocenters. The third kappa shape index (κ3) is 3.18. The number of Topliss-reactive ketones (excluding diaryl/α,β-unsaturated/α-hetero) is 1. The van der Waals surface area contributed by atoms with E-state index in [4.69, 9.17) is 9.47 Å². The summed E-state index contributed by atoms with van der Waals surface area (Å²) in [4.78, 5) is 11.1. The largest absolute Gasteiger partial charge is 0.414 e. The molecule has 0 saturated heterocycles. The number of alkyl halides is 3. The number of halogens is 3. The topological polar surface area (TPSA) is 35.5 Å². The Bertz CT molecular complexity index is 252. The van der Waals surface area contributed by atoms with E-state index in [9.17, 15) is 18.0 Å². The van der Waals surface area contributed by atoms with Gasteiger partial charge in [-0.15, -0.1) is 0 Å². The van der Waals surface area contributed by atoms with E-state index in [1.165, 1.54) is 0 Å². The smallest absolute Gasteiger partial charge is 0.368 e. The molecule has 16 heavy (non-hydrogen) atoms. The number of carbonyl (C=O) groups is 1. The van der Waals surface area contributed by atoms with Crippen LogP contribution in [-0.2, 0) is 14.3 Å². The Kier molecular flexibility index (Phi) is 4.32. The van der Waals surface area contributed by atoms with Crippen molar-refractivity contribution in [3.63, 3.8) is 0 Å². The summed E-state index contributed by atoms with van der Waals surface area (Å²) in [7, 11) is 0. The van der Waals surface area contributed by atoms with Gasteiger partial charge in [-0.3, -0.25) is 4.79 Å². The lowest BCUT2D eigenvalue weighted by molar-refractivity contribution is -0.246. The third-order valence-electron chi connectivity index (χ3n) is 2.40. The fourth-order valence-corrected chi connectivity index (χ4v) is 1.37. The van der Waals surface area contributed by atoms with Crippen molar-refractivity contribution in [1.29, 1.82) is 0 Å². The maximum absolute atomic E-state index is 12.2. The van der Waals surface area contributed by atoms with E-state index in [1.807, 2.05) is 6.92 Å². The Balaban J connectivity index is 2.40. The van der Waals surface area contributed by atoms with Gasteiger partial charge < -0.3 is 9.47 Å². The van der Waals surface area contributed by atoms with Crippen LogP contribution in [0.5, 0.6) is 0 Å². The Morgan fingerprint density at radius 2 is 2.12 bits per heavy atom. The van der Waals surface area contributed by atoms with Crippen LogP contribution in [0.1, 0.15) is 26.7 Å². The monoisotopic (exact) mass is 240 g/mol. The number of carbonyl (C=O) groups excluding carboxylic acids is 1. The van der Waals surface area contributed by atoms with Crippen LogP contribution in [0.25, 0.3) is 0 Å². The number of ketones is 1. The second kappa shape index (κ2) is 5.14. The van der Waals surface area contributed by atoms with Gasteiger partial charge in [0.05, 0.1) is 6.10 Å². The zero-order chi connectivity index (χ0) is 12.3. The molecule has 0 amide bonds. The number of ether oxygens (including phenoxy) is 2. The van der Waals surface area contributed by atoms with Crippen molar-refractivity contribution in [2.45, 2.75) is 51.2 Å². The molecule has 0 aromatic heterocycles. The summed E-state index contributed by atoms with van der Waals surface area (Å²) in [5, 5.41) is 0. The predicted octanol–water partition coefficient (Wildman–Crippen LogP) is 2.09. The van der Waals surface area contributed by atoms with E-state index in [-0.39, 0.29) is 12.2 Å². The molecule has 0 heterocycles. The van der Waals surface area contributed by atoms with E-state index in [1.54, 1.807) is 0 Å². The highest BCUT2D eigenvalue weighted by Crippen LogP contribution is 2.30. The van der Waals surface area contributed by atoms with E-state index >= 15 is 0 Å². The lowest BCUT2D eigenvalue weighted by Gasteiger charge is -2.36. The van der Waals surface area contributed by atoms with Crippen molar-refractivity contribution < 1.29 is 27.4 Å². The minimum atomic E-state index is -4.39. The summed E-state index contributed by atoms with van der Waals surface area (Å²) < 4.78 is 46.5. The van der Waals surface area contributed by atoms with Crippen LogP contribution in [0.2, 0.25) is 0 Å².